The highest BCUT2D eigenvalue weighted by Crippen LogP contribution is 2.17. The summed E-state index contributed by atoms with van der Waals surface area (Å²) in [6, 6.07) is 19.3. The molecule has 0 aliphatic rings. The lowest BCUT2D eigenvalue weighted by atomic mass is 10.1. The molecule has 0 aliphatic carbocycles. The Morgan fingerprint density at radius 2 is 1.88 bits per heavy atom. The molecule has 1 amide bonds. The zero-order valence-electron chi connectivity index (χ0n) is 14.3. The average Bonchev–Trinajstić information content (AvgIpc) is 3.15. The number of carbonyl (C=O) groups is 1. The number of aryl methyl sites for hydroxylation is 1. The highest BCUT2D eigenvalue weighted by atomic mass is 16.1. The predicted molar refractivity (Wildman–Crippen MR) is 99.0 cm³/mol. The van der Waals surface area contributed by atoms with Gasteiger partial charge in [0.2, 0.25) is 0 Å². The van der Waals surface area contributed by atoms with Gasteiger partial charge in [-0.15, -0.1) is 10.2 Å². The fourth-order valence-electron chi connectivity index (χ4n) is 2.87. The molecule has 0 bridgehead atoms. The Labute approximate surface area is 150 Å². The maximum Gasteiger partial charge on any atom is 0.253 e. The summed E-state index contributed by atoms with van der Waals surface area (Å²) in [5, 5.41) is 11.9. The number of hydrogen-bond acceptors (Lipinski definition) is 4. The molecule has 128 valence electrons. The van der Waals surface area contributed by atoms with Crippen LogP contribution in [0.5, 0.6) is 0 Å². The van der Waals surface area contributed by atoms with Crippen LogP contribution in [0.4, 0.5) is 0 Å². The van der Waals surface area contributed by atoms with E-state index < -0.39 is 0 Å². The Bertz CT molecular complexity index is 1070. The van der Waals surface area contributed by atoms with Crippen molar-refractivity contribution in [3.05, 3.63) is 84.1 Å². The molecule has 0 atom stereocenters. The molecule has 2 aromatic carbocycles. The van der Waals surface area contributed by atoms with E-state index >= 15 is 0 Å². The first kappa shape index (κ1) is 16.0. The monoisotopic (exact) mass is 343 g/mol. The van der Waals surface area contributed by atoms with E-state index in [9.17, 15) is 4.79 Å². The van der Waals surface area contributed by atoms with Gasteiger partial charge in [-0.25, -0.2) is 0 Å². The largest absolute Gasteiger partial charge is 0.345 e. The number of fused-ring (bicyclic) bond motifs is 1. The molecule has 2 heterocycles. The van der Waals surface area contributed by atoms with Crippen molar-refractivity contribution in [2.75, 3.05) is 0 Å². The SMILES string of the molecule is Cc1ccc2cccc(C(=O)NCc3nncn3-c3ccccc3)c2n1. The van der Waals surface area contributed by atoms with Gasteiger partial charge < -0.3 is 5.32 Å². The number of pyridine rings is 1. The predicted octanol–water partition coefficient (Wildman–Crippen LogP) is 3.05. The number of carbonyl (C=O) groups excluding carboxylic acids is 1. The Morgan fingerprint density at radius 3 is 2.73 bits per heavy atom. The summed E-state index contributed by atoms with van der Waals surface area (Å²) in [6.45, 7) is 2.19. The van der Waals surface area contributed by atoms with Gasteiger partial charge in [-0.2, -0.15) is 0 Å². The second-order valence-corrected chi connectivity index (χ2v) is 5.97. The lowest BCUT2D eigenvalue weighted by Crippen LogP contribution is -2.25. The molecular weight excluding hydrogens is 326 g/mol. The van der Waals surface area contributed by atoms with Crippen molar-refractivity contribution in [1.29, 1.82) is 0 Å². The highest BCUT2D eigenvalue weighted by Gasteiger charge is 2.13. The van der Waals surface area contributed by atoms with Crippen LogP contribution in [-0.4, -0.2) is 25.7 Å². The maximum absolute atomic E-state index is 12.7. The number of benzene rings is 2. The van der Waals surface area contributed by atoms with Crippen LogP contribution in [0.1, 0.15) is 21.9 Å². The molecule has 0 fully saturated rings. The summed E-state index contributed by atoms with van der Waals surface area (Å²) < 4.78 is 1.85. The van der Waals surface area contributed by atoms with Crippen LogP contribution in [0.3, 0.4) is 0 Å². The molecule has 0 saturated carbocycles. The second-order valence-electron chi connectivity index (χ2n) is 5.97. The molecule has 0 radical (unpaired) electrons. The van der Waals surface area contributed by atoms with Crippen molar-refractivity contribution in [2.45, 2.75) is 13.5 Å². The van der Waals surface area contributed by atoms with E-state index in [-0.39, 0.29) is 12.5 Å². The van der Waals surface area contributed by atoms with Crippen molar-refractivity contribution in [3.8, 4) is 5.69 Å². The zero-order chi connectivity index (χ0) is 17.9. The molecule has 6 nitrogen and oxygen atoms in total. The minimum Gasteiger partial charge on any atom is -0.345 e. The molecule has 6 heteroatoms. The van der Waals surface area contributed by atoms with Gasteiger partial charge in [-0.05, 0) is 31.2 Å². The Hall–Kier alpha value is -3.54. The van der Waals surface area contributed by atoms with E-state index in [0.29, 0.717) is 16.9 Å². The van der Waals surface area contributed by atoms with E-state index in [1.165, 1.54) is 0 Å². The van der Waals surface area contributed by atoms with E-state index in [1.807, 2.05) is 66.1 Å². The van der Waals surface area contributed by atoms with Crippen LogP contribution >= 0.6 is 0 Å². The van der Waals surface area contributed by atoms with E-state index in [4.69, 9.17) is 0 Å². The van der Waals surface area contributed by atoms with Crippen LogP contribution in [-0.2, 0) is 6.54 Å². The van der Waals surface area contributed by atoms with Gasteiger partial charge in [0.1, 0.15) is 6.33 Å². The lowest BCUT2D eigenvalue weighted by Gasteiger charge is -2.09. The number of rotatable bonds is 4. The van der Waals surface area contributed by atoms with Gasteiger partial charge in [-0.3, -0.25) is 14.3 Å². The van der Waals surface area contributed by atoms with Crippen LogP contribution in [0.2, 0.25) is 0 Å². The molecule has 4 rings (SSSR count). The van der Waals surface area contributed by atoms with Crippen LogP contribution in [0.15, 0.2) is 67.0 Å². The van der Waals surface area contributed by atoms with Gasteiger partial charge in [0.05, 0.1) is 17.6 Å². The number of nitrogens with one attached hydrogen (secondary N) is 1. The normalized spacial score (nSPS) is 10.8. The third-order valence-electron chi connectivity index (χ3n) is 4.16. The van der Waals surface area contributed by atoms with E-state index in [2.05, 4.69) is 20.5 Å². The fraction of sp³-hybridized carbons (Fsp3) is 0.100. The number of para-hydroxylation sites is 2. The Kier molecular flexibility index (Phi) is 4.15. The van der Waals surface area contributed by atoms with Gasteiger partial charge in [-0.1, -0.05) is 36.4 Å². The number of aromatic nitrogens is 4. The number of amides is 1. The molecule has 26 heavy (non-hydrogen) atoms. The van der Waals surface area contributed by atoms with Crippen LogP contribution in [0, 0.1) is 6.92 Å². The van der Waals surface area contributed by atoms with Crippen LogP contribution < -0.4 is 5.32 Å². The van der Waals surface area contributed by atoms with Crippen molar-refractivity contribution in [2.24, 2.45) is 0 Å². The van der Waals surface area contributed by atoms with Crippen molar-refractivity contribution >= 4 is 16.8 Å². The quantitative estimate of drug-likeness (QED) is 0.618. The van der Waals surface area contributed by atoms with Gasteiger partial charge in [0.15, 0.2) is 5.82 Å². The standard InChI is InChI=1S/C20H17N5O/c1-14-10-11-15-6-5-9-17(19(15)23-14)20(26)21-12-18-24-22-13-25(18)16-7-3-2-4-8-16/h2-11,13H,12H2,1H3,(H,21,26). The minimum atomic E-state index is -0.184. The molecule has 0 spiro atoms. The molecule has 1 N–H and O–H groups in total. The van der Waals surface area contributed by atoms with E-state index in [0.717, 1.165) is 16.8 Å². The van der Waals surface area contributed by atoms with Gasteiger partial charge in [0.25, 0.3) is 5.91 Å². The van der Waals surface area contributed by atoms with Crippen molar-refractivity contribution < 1.29 is 4.79 Å². The summed E-state index contributed by atoms with van der Waals surface area (Å²) in [7, 11) is 0. The summed E-state index contributed by atoms with van der Waals surface area (Å²) in [6.07, 6.45) is 1.64. The van der Waals surface area contributed by atoms with Gasteiger partial charge >= 0.3 is 0 Å². The van der Waals surface area contributed by atoms with E-state index in [1.54, 1.807) is 12.4 Å². The van der Waals surface area contributed by atoms with Crippen molar-refractivity contribution in [1.82, 2.24) is 25.1 Å². The topological polar surface area (TPSA) is 72.7 Å². The molecule has 2 aromatic heterocycles. The fourth-order valence-corrected chi connectivity index (χ4v) is 2.87. The first-order valence-electron chi connectivity index (χ1n) is 8.31. The van der Waals surface area contributed by atoms with Crippen LogP contribution in [0.25, 0.3) is 16.6 Å². The number of hydrogen-bond donors (Lipinski definition) is 1. The summed E-state index contributed by atoms with van der Waals surface area (Å²) in [5.41, 5.74) is 3.08. The summed E-state index contributed by atoms with van der Waals surface area (Å²) in [4.78, 5) is 17.2. The molecule has 0 unspecified atom stereocenters. The lowest BCUT2D eigenvalue weighted by molar-refractivity contribution is 0.0951. The van der Waals surface area contributed by atoms with Crippen molar-refractivity contribution in [3.63, 3.8) is 0 Å². The minimum absolute atomic E-state index is 0.184. The molecule has 0 aliphatic heterocycles. The molecule has 4 aromatic rings. The Morgan fingerprint density at radius 1 is 1.04 bits per heavy atom. The molecular formula is C20H17N5O. The maximum atomic E-state index is 12.7. The first-order valence-corrected chi connectivity index (χ1v) is 8.31. The smallest absolute Gasteiger partial charge is 0.253 e. The third-order valence-corrected chi connectivity index (χ3v) is 4.16. The number of nitrogens with zero attached hydrogens (tertiary/aromatic N) is 4. The molecule has 0 saturated heterocycles. The summed E-state index contributed by atoms with van der Waals surface area (Å²) >= 11 is 0. The Balaban J connectivity index is 1.58. The average molecular weight is 343 g/mol. The second kappa shape index (κ2) is 6.76. The first-order chi connectivity index (χ1) is 12.7. The van der Waals surface area contributed by atoms with Gasteiger partial charge in [0, 0.05) is 16.8 Å². The zero-order valence-corrected chi connectivity index (χ0v) is 14.3. The summed E-state index contributed by atoms with van der Waals surface area (Å²) in [5.74, 6) is 0.477. The highest BCUT2D eigenvalue weighted by molar-refractivity contribution is 6.05. The third kappa shape index (κ3) is 3.04.